The fourth-order valence-electron chi connectivity index (χ4n) is 6.83. The fraction of sp³-hybridized carbons (Fsp3) is 0.708. The van der Waals surface area contributed by atoms with Gasteiger partial charge in [-0.05, 0) is 67.4 Å². The Morgan fingerprint density at radius 3 is 2.48 bits per heavy atom. The number of hydrogen-bond acceptors (Lipinski definition) is 2. The number of alkyl halides is 2. The van der Waals surface area contributed by atoms with E-state index in [9.17, 15) is 13.6 Å². The molecule has 5 heteroatoms. The second kappa shape index (κ2) is 7.04. The zero-order valence-corrected chi connectivity index (χ0v) is 17.9. The van der Waals surface area contributed by atoms with E-state index in [4.69, 9.17) is 0 Å². The number of amides is 1. The second-order valence-corrected chi connectivity index (χ2v) is 11.0. The highest BCUT2D eigenvalue weighted by Crippen LogP contribution is 2.61. The van der Waals surface area contributed by atoms with Gasteiger partial charge in [-0.1, -0.05) is 51.1 Å². The minimum absolute atomic E-state index is 0.0609. The van der Waals surface area contributed by atoms with E-state index < -0.39 is 17.4 Å². The quantitative estimate of drug-likeness (QED) is 0.769. The van der Waals surface area contributed by atoms with Crippen LogP contribution in [0.2, 0.25) is 0 Å². The van der Waals surface area contributed by atoms with Gasteiger partial charge in [0.1, 0.15) is 0 Å². The van der Waals surface area contributed by atoms with E-state index in [1.165, 1.54) is 5.56 Å². The Kier molecular flexibility index (Phi) is 5.04. The summed E-state index contributed by atoms with van der Waals surface area (Å²) in [4.78, 5) is 13.4. The molecule has 1 aromatic carbocycles. The Morgan fingerprint density at radius 1 is 1.07 bits per heavy atom. The first kappa shape index (κ1) is 20.8. The molecule has 0 spiro atoms. The van der Waals surface area contributed by atoms with E-state index in [1.807, 2.05) is 13.0 Å². The van der Waals surface area contributed by atoms with Gasteiger partial charge in [0.2, 0.25) is 5.91 Å². The monoisotopic (exact) mass is 404 g/mol. The lowest BCUT2D eigenvalue weighted by molar-refractivity contribution is -0.143. The molecular weight excluding hydrogens is 370 g/mol. The van der Waals surface area contributed by atoms with Crippen molar-refractivity contribution in [1.29, 1.82) is 0 Å². The minimum atomic E-state index is -2.89. The van der Waals surface area contributed by atoms with Gasteiger partial charge in [0.15, 0.2) is 0 Å². The van der Waals surface area contributed by atoms with E-state index in [0.29, 0.717) is 12.5 Å². The third-order valence-electron chi connectivity index (χ3n) is 7.53. The molecule has 2 saturated carbocycles. The lowest BCUT2D eigenvalue weighted by Gasteiger charge is -2.57. The smallest absolute Gasteiger partial charge is 0.280 e. The molecule has 3 aliphatic rings. The van der Waals surface area contributed by atoms with Crippen LogP contribution in [-0.2, 0) is 10.2 Å². The van der Waals surface area contributed by atoms with Gasteiger partial charge in [-0.3, -0.25) is 4.79 Å². The highest BCUT2D eigenvalue weighted by molar-refractivity contribution is 5.83. The lowest BCUT2D eigenvalue weighted by atomic mass is 9.47. The number of nitrogens with one attached hydrogen (secondary N) is 2. The standard InChI is InChI=1S/C24H34F2N2O/c1-21(2)11-17-12-22(3,20(29)28-19-9-10-27-16-24(19,25)26)15-23(13-17,14-21)18-7-5-4-6-8-18/h4-8,17,19,27H,9-16H2,1-3H3,(H,28,29). The zero-order chi connectivity index (χ0) is 20.9. The van der Waals surface area contributed by atoms with Crippen LogP contribution in [0, 0.1) is 16.7 Å². The fourth-order valence-corrected chi connectivity index (χ4v) is 6.83. The molecule has 1 aliphatic heterocycles. The summed E-state index contributed by atoms with van der Waals surface area (Å²) in [7, 11) is 0. The number of hydrogen-bond donors (Lipinski definition) is 2. The van der Waals surface area contributed by atoms with Crippen molar-refractivity contribution >= 4 is 5.91 Å². The van der Waals surface area contributed by atoms with Crippen LogP contribution in [0.25, 0.3) is 0 Å². The predicted octanol–water partition coefficient (Wildman–Crippen LogP) is 4.66. The van der Waals surface area contributed by atoms with Crippen molar-refractivity contribution in [3.8, 4) is 0 Å². The number of benzene rings is 1. The summed E-state index contributed by atoms with van der Waals surface area (Å²) in [6, 6.07) is 9.47. The zero-order valence-electron chi connectivity index (χ0n) is 17.9. The molecule has 0 radical (unpaired) electrons. The number of piperidine rings is 1. The molecular formula is C24H34F2N2O. The van der Waals surface area contributed by atoms with Gasteiger partial charge in [0, 0.05) is 5.41 Å². The molecule has 29 heavy (non-hydrogen) atoms. The number of rotatable bonds is 3. The van der Waals surface area contributed by atoms with Gasteiger partial charge in [0.25, 0.3) is 5.92 Å². The van der Waals surface area contributed by atoms with Crippen molar-refractivity contribution < 1.29 is 13.6 Å². The normalized spacial score (nSPS) is 38.2. The largest absolute Gasteiger partial charge is 0.347 e. The summed E-state index contributed by atoms with van der Waals surface area (Å²) in [6.45, 7) is 6.81. The summed E-state index contributed by atoms with van der Waals surface area (Å²) in [5.74, 6) is -2.64. The van der Waals surface area contributed by atoms with E-state index >= 15 is 0 Å². The Labute approximate surface area is 173 Å². The molecule has 3 fully saturated rings. The summed E-state index contributed by atoms with van der Waals surface area (Å²) in [5.41, 5.74) is 0.840. The SMILES string of the molecule is CC1(C)CC2CC(C)(C(=O)NC3CCNCC3(F)F)CC(c3ccccc3)(C2)C1. The van der Waals surface area contributed by atoms with Gasteiger partial charge in [0.05, 0.1) is 12.6 Å². The Balaban J connectivity index is 1.62. The Morgan fingerprint density at radius 2 is 1.79 bits per heavy atom. The molecule has 4 atom stereocenters. The molecule has 2 bridgehead atoms. The maximum atomic E-state index is 14.3. The molecule has 1 saturated heterocycles. The van der Waals surface area contributed by atoms with Crippen molar-refractivity contribution in [2.45, 2.75) is 76.7 Å². The van der Waals surface area contributed by atoms with Crippen LogP contribution in [0.1, 0.15) is 64.9 Å². The molecule has 160 valence electrons. The van der Waals surface area contributed by atoms with Crippen LogP contribution >= 0.6 is 0 Å². The third-order valence-corrected chi connectivity index (χ3v) is 7.53. The molecule has 2 N–H and O–H groups in total. The molecule has 3 nitrogen and oxygen atoms in total. The third kappa shape index (κ3) is 3.95. The molecule has 4 rings (SSSR count). The summed E-state index contributed by atoms with van der Waals surface area (Å²) in [5, 5.41) is 5.50. The molecule has 0 aromatic heterocycles. The second-order valence-electron chi connectivity index (χ2n) is 11.0. The van der Waals surface area contributed by atoms with Gasteiger partial charge >= 0.3 is 0 Å². The maximum absolute atomic E-state index is 14.3. The summed E-state index contributed by atoms with van der Waals surface area (Å²) in [6.07, 6.45) is 5.00. The first-order valence-electron chi connectivity index (χ1n) is 11.0. The van der Waals surface area contributed by atoms with Crippen molar-refractivity contribution in [3.05, 3.63) is 35.9 Å². The van der Waals surface area contributed by atoms with Gasteiger partial charge in [-0.25, -0.2) is 8.78 Å². The van der Waals surface area contributed by atoms with E-state index in [2.05, 4.69) is 48.7 Å². The maximum Gasteiger partial charge on any atom is 0.280 e. The van der Waals surface area contributed by atoms with Crippen molar-refractivity contribution in [2.75, 3.05) is 13.1 Å². The average molecular weight is 405 g/mol. The number of halogens is 2. The van der Waals surface area contributed by atoms with Crippen molar-refractivity contribution in [1.82, 2.24) is 10.6 Å². The van der Waals surface area contributed by atoms with Crippen LogP contribution in [0.5, 0.6) is 0 Å². The Bertz CT molecular complexity index is 765. The molecule has 4 unspecified atom stereocenters. The number of carbonyl (C=O) groups excluding carboxylic acids is 1. The highest BCUT2D eigenvalue weighted by atomic mass is 19.3. The van der Waals surface area contributed by atoms with Crippen LogP contribution in [-0.4, -0.2) is 31.0 Å². The average Bonchev–Trinajstić information content (AvgIpc) is 2.62. The summed E-state index contributed by atoms with van der Waals surface area (Å²) >= 11 is 0. The summed E-state index contributed by atoms with van der Waals surface area (Å²) < 4.78 is 28.6. The van der Waals surface area contributed by atoms with Crippen LogP contribution in [0.4, 0.5) is 8.78 Å². The van der Waals surface area contributed by atoms with E-state index in [1.54, 1.807) is 0 Å². The first-order chi connectivity index (χ1) is 13.5. The number of fused-ring (bicyclic) bond motifs is 2. The van der Waals surface area contributed by atoms with Gasteiger partial charge in [-0.2, -0.15) is 0 Å². The van der Waals surface area contributed by atoms with Crippen molar-refractivity contribution in [2.24, 2.45) is 16.7 Å². The van der Waals surface area contributed by atoms with E-state index in [-0.39, 0.29) is 29.7 Å². The first-order valence-corrected chi connectivity index (χ1v) is 11.0. The Hall–Kier alpha value is -1.49. The number of carbonyl (C=O) groups is 1. The molecule has 1 amide bonds. The topological polar surface area (TPSA) is 41.1 Å². The lowest BCUT2D eigenvalue weighted by Crippen LogP contribution is -2.61. The minimum Gasteiger partial charge on any atom is -0.347 e. The molecule has 1 aromatic rings. The highest BCUT2D eigenvalue weighted by Gasteiger charge is 2.56. The van der Waals surface area contributed by atoms with Crippen molar-refractivity contribution in [3.63, 3.8) is 0 Å². The van der Waals surface area contributed by atoms with Gasteiger partial charge < -0.3 is 10.6 Å². The molecule has 1 heterocycles. The van der Waals surface area contributed by atoms with Crippen LogP contribution in [0.15, 0.2) is 30.3 Å². The molecule has 2 aliphatic carbocycles. The van der Waals surface area contributed by atoms with Crippen LogP contribution < -0.4 is 10.6 Å². The van der Waals surface area contributed by atoms with Crippen LogP contribution in [0.3, 0.4) is 0 Å². The van der Waals surface area contributed by atoms with Gasteiger partial charge in [-0.15, -0.1) is 0 Å². The van der Waals surface area contributed by atoms with E-state index in [0.717, 1.165) is 32.1 Å². The predicted molar refractivity (Wildman–Crippen MR) is 111 cm³/mol.